The Morgan fingerprint density at radius 2 is 1.62 bits per heavy atom. The Morgan fingerprint density at radius 1 is 0.894 bits per heavy atom. The van der Waals surface area contributed by atoms with Crippen molar-refractivity contribution in [3.05, 3.63) is 129 Å². The largest absolute Gasteiger partial charge is 0.494 e. The van der Waals surface area contributed by atoms with Gasteiger partial charge in [-0.25, -0.2) is 4.98 Å². The fraction of sp³-hybridized carbons (Fsp3) is 0.0857. The van der Waals surface area contributed by atoms with Crippen molar-refractivity contribution in [3.63, 3.8) is 0 Å². The molecular weight excluding hydrogens is 675 g/mol. The number of benzene rings is 4. The number of carbonyl (C=O) groups excluding carboxylic acids is 3. The van der Waals surface area contributed by atoms with Gasteiger partial charge in [-0.1, -0.05) is 53.5 Å². The molecular formula is C35H28Cl2N4O4S2. The zero-order valence-electron chi connectivity index (χ0n) is 25.0. The monoisotopic (exact) mass is 702 g/mol. The molecule has 0 aliphatic rings. The maximum atomic E-state index is 13.5. The summed E-state index contributed by atoms with van der Waals surface area (Å²) in [4.78, 5) is 44.5. The van der Waals surface area contributed by atoms with Crippen molar-refractivity contribution >= 4 is 80.9 Å². The van der Waals surface area contributed by atoms with Crippen LogP contribution in [0.2, 0.25) is 10.0 Å². The summed E-state index contributed by atoms with van der Waals surface area (Å²) in [6, 6.07) is 28.1. The zero-order chi connectivity index (χ0) is 33.2. The number of thiazole rings is 1. The van der Waals surface area contributed by atoms with Gasteiger partial charge in [-0.3, -0.25) is 14.4 Å². The molecule has 3 amide bonds. The van der Waals surface area contributed by atoms with Gasteiger partial charge in [-0.15, -0.1) is 23.1 Å². The van der Waals surface area contributed by atoms with Gasteiger partial charge in [-0.05, 0) is 79.7 Å². The molecule has 47 heavy (non-hydrogen) atoms. The fourth-order valence-electron chi connectivity index (χ4n) is 4.25. The maximum Gasteiger partial charge on any atom is 0.272 e. The van der Waals surface area contributed by atoms with Crippen LogP contribution < -0.4 is 20.7 Å². The molecule has 4 aromatic carbocycles. The molecule has 0 fully saturated rings. The van der Waals surface area contributed by atoms with Gasteiger partial charge in [-0.2, -0.15) is 0 Å². The molecule has 3 N–H and O–H groups in total. The molecule has 238 valence electrons. The number of hydrogen-bond acceptors (Lipinski definition) is 7. The number of halogens is 2. The zero-order valence-corrected chi connectivity index (χ0v) is 28.1. The Morgan fingerprint density at radius 3 is 2.34 bits per heavy atom. The average Bonchev–Trinajstić information content (AvgIpc) is 3.54. The standard InChI is InChI=1S/C35H28Cl2N4O4S2/c1-2-45-25-16-14-22(15-17-25)31-20-47-35(40-31)41-32(42)21-46-26-11-6-10-24(18-26)38-34(44)30(19-27-28(36)12-7-13-29(27)37)39-33(43)23-8-4-3-5-9-23/h3-20H,2,21H2,1H3,(H,38,44)(H,39,43)(H,40,41,42)/b30-19+. The number of amides is 3. The van der Waals surface area contributed by atoms with Crippen molar-refractivity contribution in [2.24, 2.45) is 0 Å². The molecule has 5 aromatic rings. The van der Waals surface area contributed by atoms with Gasteiger partial charge in [0.1, 0.15) is 11.4 Å². The summed E-state index contributed by atoms with van der Waals surface area (Å²) in [5, 5.41) is 11.4. The van der Waals surface area contributed by atoms with Gasteiger partial charge >= 0.3 is 0 Å². The van der Waals surface area contributed by atoms with E-state index in [1.165, 1.54) is 29.2 Å². The lowest BCUT2D eigenvalue weighted by Gasteiger charge is -2.13. The highest BCUT2D eigenvalue weighted by molar-refractivity contribution is 8.00. The molecule has 0 unspecified atom stereocenters. The minimum absolute atomic E-state index is 0.0562. The van der Waals surface area contributed by atoms with Crippen molar-refractivity contribution < 1.29 is 19.1 Å². The Bertz CT molecular complexity index is 1890. The SMILES string of the molecule is CCOc1ccc(-c2csc(NC(=O)CSc3cccc(NC(=O)/C(=C\c4c(Cl)cccc4Cl)NC(=O)c4ccccc4)c3)n2)cc1. The van der Waals surface area contributed by atoms with Crippen LogP contribution >= 0.6 is 46.3 Å². The third-order valence-corrected chi connectivity index (χ3v) is 8.90. The average molecular weight is 704 g/mol. The van der Waals surface area contributed by atoms with Crippen molar-refractivity contribution in [1.29, 1.82) is 0 Å². The quantitative estimate of drug-likeness (QED) is 0.0887. The minimum Gasteiger partial charge on any atom is -0.494 e. The van der Waals surface area contributed by atoms with E-state index in [1.807, 2.05) is 42.6 Å². The maximum absolute atomic E-state index is 13.5. The van der Waals surface area contributed by atoms with E-state index >= 15 is 0 Å². The lowest BCUT2D eigenvalue weighted by atomic mass is 10.1. The third kappa shape index (κ3) is 9.46. The molecule has 0 atom stereocenters. The van der Waals surface area contributed by atoms with Crippen LogP contribution in [-0.4, -0.2) is 35.1 Å². The van der Waals surface area contributed by atoms with Crippen LogP contribution in [0.15, 0.2) is 113 Å². The van der Waals surface area contributed by atoms with Gasteiger partial charge in [0.25, 0.3) is 11.8 Å². The van der Waals surface area contributed by atoms with Crippen molar-refractivity contribution in [2.75, 3.05) is 23.0 Å². The van der Waals surface area contributed by atoms with Gasteiger partial charge in [0.05, 0.1) is 18.1 Å². The number of rotatable bonds is 12. The van der Waals surface area contributed by atoms with Crippen LogP contribution in [0.25, 0.3) is 17.3 Å². The Kier molecular flexibility index (Phi) is 11.7. The first kappa shape index (κ1) is 33.7. The van der Waals surface area contributed by atoms with Crippen LogP contribution in [0, 0.1) is 0 Å². The second kappa shape index (κ2) is 16.3. The highest BCUT2D eigenvalue weighted by Crippen LogP contribution is 2.29. The highest BCUT2D eigenvalue weighted by atomic mass is 35.5. The van der Waals surface area contributed by atoms with E-state index in [9.17, 15) is 14.4 Å². The van der Waals surface area contributed by atoms with Crippen LogP contribution in [0.3, 0.4) is 0 Å². The summed E-state index contributed by atoms with van der Waals surface area (Å²) in [6.07, 6.45) is 1.43. The summed E-state index contributed by atoms with van der Waals surface area (Å²) in [5.41, 5.74) is 2.85. The molecule has 1 heterocycles. The number of carbonyl (C=O) groups is 3. The van der Waals surface area contributed by atoms with Crippen LogP contribution in [-0.2, 0) is 9.59 Å². The lowest BCUT2D eigenvalue weighted by Crippen LogP contribution is -2.30. The van der Waals surface area contributed by atoms with E-state index in [4.69, 9.17) is 27.9 Å². The Labute approximate surface area is 290 Å². The van der Waals surface area contributed by atoms with Gasteiger partial charge in [0.15, 0.2) is 5.13 Å². The summed E-state index contributed by atoms with van der Waals surface area (Å²) in [5.74, 6) is -0.370. The highest BCUT2D eigenvalue weighted by Gasteiger charge is 2.17. The molecule has 0 saturated heterocycles. The fourth-order valence-corrected chi connectivity index (χ4v) is 6.25. The van der Waals surface area contributed by atoms with Crippen LogP contribution in [0.4, 0.5) is 10.8 Å². The third-order valence-electron chi connectivity index (χ3n) is 6.49. The molecule has 1 aromatic heterocycles. The molecule has 0 aliphatic heterocycles. The van der Waals surface area contributed by atoms with Crippen molar-refractivity contribution in [1.82, 2.24) is 10.3 Å². The minimum atomic E-state index is -0.586. The van der Waals surface area contributed by atoms with Gasteiger partial charge in [0, 0.05) is 42.7 Å². The van der Waals surface area contributed by atoms with Crippen LogP contribution in [0.5, 0.6) is 5.75 Å². The number of aromatic nitrogens is 1. The lowest BCUT2D eigenvalue weighted by molar-refractivity contribution is -0.114. The van der Waals surface area contributed by atoms with E-state index in [0.717, 1.165) is 21.9 Å². The van der Waals surface area contributed by atoms with E-state index in [2.05, 4.69) is 20.9 Å². The molecule has 12 heteroatoms. The van der Waals surface area contributed by atoms with E-state index in [-0.39, 0.29) is 17.4 Å². The van der Waals surface area contributed by atoms with Gasteiger partial charge in [0.2, 0.25) is 5.91 Å². The first-order valence-electron chi connectivity index (χ1n) is 14.3. The van der Waals surface area contributed by atoms with Crippen LogP contribution in [0.1, 0.15) is 22.8 Å². The van der Waals surface area contributed by atoms with Crippen molar-refractivity contribution in [3.8, 4) is 17.0 Å². The Hall–Kier alpha value is -4.61. The van der Waals surface area contributed by atoms with E-state index < -0.39 is 11.8 Å². The molecule has 0 aliphatic carbocycles. The normalized spacial score (nSPS) is 11.1. The first-order valence-corrected chi connectivity index (χ1v) is 17.0. The van der Waals surface area contributed by atoms with E-state index in [0.29, 0.717) is 38.6 Å². The number of ether oxygens (including phenoxy) is 1. The second-order valence-electron chi connectivity index (χ2n) is 9.83. The summed E-state index contributed by atoms with van der Waals surface area (Å²) < 4.78 is 5.49. The summed E-state index contributed by atoms with van der Waals surface area (Å²) >= 11 is 15.3. The summed E-state index contributed by atoms with van der Waals surface area (Å²) in [7, 11) is 0. The van der Waals surface area contributed by atoms with E-state index in [1.54, 1.807) is 66.7 Å². The number of nitrogens with one attached hydrogen (secondary N) is 3. The smallest absolute Gasteiger partial charge is 0.272 e. The molecule has 8 nitrogen and oxygen atoms in total. The number of hydrogen-bond donors (Lipinski definition) is 3. The Balaban J connectivity index is 1.22. The number of thioether (sulfide) groups is 1. The molecule has 0 saturated carbocycles. The van der Waals surface area contributed by atoms with Crippen molar-refractivity contribution in [2.45, 2.75) is 11.8 Å². The summed E-state index contributed by atoms with van der Waals surface area (Å²) in [6.45, 7) is 2.53. The number of nitrogens with zero attached hydrogens (tertiary/aromatic N) is 1. The predicted octanol–water partition coefficient (Wildman–Crippen LogP) is 8.66. The first-order chi connectivity index (χ1) is 22.8. The molecule has 0 radical (unpaired) electrons. The number of anilines is 2. The molecule has 0 bridgehead atoms. The predicted molar refractivity (Wildman–Crippen MR) is 191 cm³/mol. The second-order valence-corrected chi connectivity index (χ2v) is 12.5. The molecule has 0 spiro atoms. The topological polar surface area (TPSA) is 109 Å². The van der Waals surface area contributed by atoms with Gasteiger partial charge < -0.3 is 20.7 Å². The molecule has 5 rings (SSSR count).